The summed E-state index contributed by atoms with van der Waals surface area (Å²) in [5.41, 5.74) is 5.94. The summed E-state index contributed by atoms with van der Waals surface area (Å²) in [4.78, 5) is 0. The number of nitrogens with two attached hydrogens (primary N) is 1. The fraction of sp³-hybridized carbons (Fsp3) is 1.00. The van der Waals surface area contributed by atoms with E-state index in [9.17, 15) is 5.11 Å². The molecular weight excluding hydrogens is 166 g/mol. The molecule has 1 rings (SSSR count). The minimum absolute atomic E-state index is 0.143. The molecular formula is C10H21NO2. The van der Waals surface area contributed by atoms with Crippen LogP contribution in [0.25, 0.3) is 0 Å². The van der Waals surface area contributed by atoms with Gasteiger partial charge in [-0.15, -0.1) is 0 Å². The molecule has 0 aromatic carbocycles. The van der Waals surface area contributed by atoms with Crippen LogP contribution in [-0.2, 0) is 4.74 Å². The zero-order chi connectivity index (χ0) is 9.90. The standard InChI is InChI=1S/C10H21NO2/c1-8(2)13-7-10(11)5-3-9(12)4-6-10/h8-9,12H,3-7,11H2,1-2H3. The molecule has 1 aliphatic carbocycles. The topological polar surface area (TPSA) is 55.5 Å². The van der Waals surface area contributed by atoms with E-state index >= 15 is 0 Å². The third kappa shape index (κ3) is 3.63. The smallest absolute Gasteiger partial charge is 0.0649 e. The molecule has 0 aliphatic heterocycles. The molecule has 0 amide bonds. The summed E-state index contributed by atoms with van der Waals surface area (Å²) in [5.74, 6) is 0. The molecule has 0 saturated heterocycles. The van der Waals surface area contributed by atoms with Crippen molar-refractivity contribution < 1.29 is 9.84 Å². The molecule has 0 aromatic rings. The van der Waals surface area contributed by atoms with E-state index in [4.69, 9.17) is 10.5 Å². The maximum atomic E-state index is 9.32. The molecule has 1 saturated carbocycles. The fourth-order valence-corrected chi connectivity index (χ4v) is 1.65. The first kappa shape index (κ1) is 11.0. The summed E-state index contributed by atoms with van der Waals surface area (Å²) in [6.45, 7) is 4.65. The first-order valence-corrected chi connectivity index (χ1v) is 5.10. The van der Waals surface area contributed by atoms with Gasteiger partial charge in [0.15, 0.2) is 0 Å². The predicted octanol–water partition coefficient (Wildman–Crippen LogP) is 1.04. The second-order valence-electron chi connectivity index (χ2n) is 4.45. The number of hydrogen-bond acceptors (Lipinski definition) is 3. The van der Waals surface area contributed by atoms with Crippen molar-refractivity contribution in [1.82, 2.24) is 0 Å². The minimum atomic E-state index is -0.191. The van der Waals surface area contributed by atoms with Crippen molar-refractivity contribution in [3.63, 3.8) is 0 Å². The third-order valence-electron chi connectivity index (χ3n) is 2.66. The van der Waals surface area contributed by atoms with Crippen LogP contribution in [0.5, 0.6) is 0 Å². The average molecular weight is 187 g/mol. The highest BCUT2D eigenvalue weighted by molar-refractivity contribution is 4.89. The Hall–Kier alpha value is -0.120. The van der Waals surface area contributed by atoms with Gasteiger partial charge in [-0.1, -0.05) is 0 Å². The van der Waals surface area contributed by atoms with Crippen LogP contribution in [0.1, 0.15) is 39.5 Å². The molecule has 3 N–H and O–H groups in total. The van der Waals surface area contributed by atoms with Crippen molar-refractivity contribution >= 4 is 0 Å². The molecule has 0 unspecified atom stereocenters. The van der Waals surface area contributed by atoms with Gasteiger partial charge in [0.25, 0.3) is 0 Å². The van der Waals surface area contributed by atoms with Gasteiger partial charge in [-0.3, -0.25) is 0 Å². The van der Waals surface area contributed by atoms with Crippen LogP contribution < -0.4 is 5.73 Å². The Morgan fingerprint density at radius 2 is 2.00 bits per heavy atom. The van der Waals surface area contributed by atoms with Gasteiger partial charge < -0.3 is 15.6 Å². The predicted molar refractivity (Wildman–Crippen MR) is 52.5 cm³/mol. The van der Waals surface area contributed by atoms with Crippen molar-refractivity contribution in [2.75, 3.05) is 6.61 Å². The Balaban J connectivity index is 2.30. The van der Waals surface area contributed by atoms with Gasteiger partial charge in [-0.2, -0.15) is 0 Å². The summed E-state index contributed by atoms with van der Waals surface area (Å²) in [6.07, 6.45) is 3.49. The zero-order valence-corrected chi connectivity index (χ0v) is 8.62. The van der Waals surface area contributed by atoms with Gasteiger partial charge in [0.05, 0.1) is 18.8 Å². The summed E-state index contributed by atoms with van der Waals surface area (Å²) >= 11 is 0. The van der Waals surface area contributed by atoms with Crippen LogP contribution in [0, 0.1) is 0 Å². The Kier molecular flexibility index (Phi) is 3.71. The molecule has 0 bridgehead atoms. The lowest BCUT2D eigenvalue weighted by atomic mass is 9.82. The van der Waals surface area contributed by atoms with Crippen molar-refractivity contribution in [1.29, 1.82) is 0 Å². The molecule has 1 fully saturated rings. The van der Waals surface area contributed by atoms with Crippen molar-refractivity contribution in [3.05, 3.63) is 0 Å². The molecule has 0 radical (unpaired) electrons. The van der Waals surface area contributed by atoms with Gasteiger partial charge >= 0.3 is 0 Å². The molecule has 0 spiro atoms. The molecule has 13 heavy (non-hydrogen) atoms. The van der Waals surface area contributed by atoms with Crippen molar-refractivity contribution in [2.45, 2.75) is 57.3 Å². The second-order valence-corrected chi connectivity index (χ2v) is 4.45. The van der Waals surface area contributed by atoms with E-state index in [-0.39, 0.29) is 17.7 Å². The van der Waals surface area contributed by atoms with E-state index in [1.807, 2.05) is 13.8 Å². The highest BCUT2D eigenvalue weighted by Crippen LogP contribution is 2.26. The molecule has 0 heterocycles. The fourth-order valence-electron chi connectivity index (χ4n) is 1.65. The van der Waals surface area contributed by atoms with Crippen LogP contribution in [0.2, 0.25) is 0 Å². The van der Waals surface area contributed by atoms with E-state index < -0.39 is 0 Å². The van der Waals surface area contributed by atoms with Crippen molar-refractivity contribution in [2.24, 2.45) is 5.73 Å². The number of hydrogen-bond donors (Lipinski definition) is 2. The third-order valence-corrected chi connectivity index (χ3v) is 2.66. The lowest BCUT2D eigenvalue weighted by Crippen LogP contribution is -2.48. The van der Waals surface area contributed by atoms with E-state index in [1.54, 1.807) is 0 Å². The summed E-state index contributed by atoms with van der Waals surface area (Å²) < 4.78 is 5.51. The first-order chi connectivity index (χ1) is 6.02. The normalized spacial score (nSPS) is 35.3. The van der Waals surface area contributed by atoms with Crippen LogP contribution in [0.15, 0.2) is 0 Å². The Morgan fingerprint density at radius 3 is 2.46 bits per heavy atom. The summed E-state index contributed by atoms with van der Waals surface area (Å²) in [6, 6.07) is 0. The van der Waals surface area contributed by atoms with Crippen LogP contribution in [-0.4, -0.2) is 29.5 Å². The van der Waals surface area contributed by atoms with Crippen molar-refractivity contribution in [3.8, 4) is 0 Å². The molecule has 3 nitrogen and oxygen atoms in total. The van der Waals surface area contributed by atoms with Crippen LogP contribution >= 0.6 is 0 Å². The molecule has 78 valence electrons. The number of rotatable bonds is 3. The lowest BCUT2D eigenvalue weighted by molar-refractivity contribution is 0.00902. The van der Waals surface area contributed by atoms with E-state index in [0.29, 0.717) is 6.61 Å². The van der Waals surface area contributed by atoms with Gasteiger partial charge in [0.2, 0.25) is 0 Å². The summed E-state index contributed by atoms with van der Waals surface area (Å²) in [7, 11) is 0. The number of aliphatic hydroxyl groups is 1. The maximum absolute atomic E-state index is 9.32. The second kappa shape index (κ2) is 4.40. The van der Waals surface area contributed by atoms with Gasteiger partial charge in [0, 0.05) is 5.54 Å². The Morgan fingerprint density at radius 1 is 1.46 bits per heavy atom. The molecule has 0 aromatic heterocycles. The minimum Gasteiger partial charge on any atom is -0.393 e. The first-order valence-electron chi connectivity index (χ1n) is 5.10. The average Bonchev–Trinajstić information content (AvgIpc) is 2.08. The number of aliphatic hydroxyl groups excluding tert-OH is 1. The summed E-state index contributed by atoms with van der Waals surface area (Å²) in [5, 5.41) is 9.32. The molecule has 1 aliphatic rings. The zero-order valence-electron chi connectivity index (χ0n) is 8.62. The van der Waals surface area contributed by atoms with Crippen LogP contribution in [0.4, 0.5) is 0 Å². The van der Waals surface area contributed by atoms with E-state index in [2.05, 4.69) is 0 Å². The highest BCUT2D eigenvalue weighted by Gasteiger charge is 2.31. The quantitative estimate of drug-likeness (QED) is 0.694. The number of ether oxygens (including phenoxy) is 1. The largest absolute Gasteiger partial charge is 0.393 e. The van der Waals surface area contributed by atoms with E-state index in [0.717, 1.165) is 25.7 Å². The molecule has 0 atom stereocenters. The maximum Gasteiger partial charge on any atom is 0.0649 e. The Bertz CT molecular complexity index is 151. The highest BCUT2D eigenvalue weighted by atomic mass is 16.5. The SMILES string of the molecule is CC(C)OCC1(N)CCC(O)CC1. The lowest BCUT2D eigenvalue weighted by Gasteiger charge is -2.35. The van der Waals surface area contributed by atoms with Gasteiger partial charge in [-0.05, 0) is 39.5 Å². The van der Waals surface area contributed by atoms with Crippen LogP contribution in [0.3, 0.4) is 0 Å². The monoisotopic (exact) mass is 187 g/mol. The van der Waals surface area contributed by atoms with Gasteiger partial charge in [-0.25, -0.2) is 0 Å². The van der Waals surface area contributed by atoms with E-state index in [1.165, 1.54) is 0 Å². The molecule has 3 heteroatoms. The Labute approximate surface area is 80.3 Å². The van der Waals surface area contributed by atoms with Gasteiger partial charge in [0.1, 0.15) is 0 Å².